The molecule has 0 amide bonds. The molecule has 0 N–H and O–H groups in total. The van der Waals surface area contributed by atoms with Crippen LogP contribution in [0.25, 0.3) is 0 Å². The Kier molecular flexibility index (Phi) is 3.05. The Balaban J connectivity index is 1.50. The van der Waals surface area contributed by atoms with Crippen LogP contribution in [0.2, 0.25) is 0 Å². The first kappa shape index (κ1) is 12.7. The summed E-state index contributed by atoms with van der Waals surface area (Å²) in [4.78, 5) is 0. The van der Waals surface area contributed by atoms with Gasteiger partial charge in [-0.25, -0.2) is 0 Å². The Morgan fingerprint density at radius 1 is 0.900 bits per heavy atom. The van der Waals surface area contributed by atoms with E-state index in [1.807, 2.05) is 24.3 Å². The van der Waals surface area contributed by atoms with Crippen molar-refractivity contribution in [3.05, 3.63) is 35.0 Å². The maximum atomic E-state index is 13.1. The molecule has 1 aromatic rings. The lowest BCUT2D eigenvalue weighted by Gasteiger charge is -2.41. The Labute approximate surface area is 118 Å². The molecule has 1 aromatic carbocycles. The summed E-state index contributed by atoms with van der Waals surface area (Å²) < 4.78 is 15.4. The number of nitrogens with zero attached hydrogens (tertiary/aromatic N) is 1. The van der Waals surface area contributed by atoms with Crippen molar-refractivity contribution >= 4 is 5.69 Å². The number of epoxide rings is 3. The summed E-state index contributed by atoms with van der Waals surface area (Å²) in [6.45, 7) is 3.27. The molecule has 5 nitrogen and oxygen atoms in total. The summed E-state index contributed by atoms with van der Waals surface area (Å²) in [5, 5.41) is 13.1. The van der Waals surface area contributed by atoms with Crippen LogP contribution in [0.15, 0.2) is 24.3 Å². The van der Waals surface area contributed by atoms with E-state index in [9.17, 15) is 5.21 Å². The number of rotatable bonds is 7. The highest BCUT2D eigenvalue weighted by molar-refractivity contribution is 5.46. The van der Waals surface area contributed by atoms with E-state index in [2.05, 4.69) is 0 Å². The normalized spacial score (nSPS) is 33.5. The van der Waals surface area contributed by atoms with Gasteiger partial charge in [-0.1, -0.05) is 12.1 Å². The van der Waals surface area contributed by atoms with Gasteiger partial charge in [0.25, 0.3) is 0 Å². The van der Waals surface area contributed by atoms with Gasteiger partial charge in [0.1, 0.15) is 31.0 Å². The van der Waals surface area contributed by atoms with E-state index in [-0.39, 0.29) is 16.9 Å². The van der Waals surface area contributed by atoms with Gasteiger partial charge in [0.15, 0.2) is 0 Å². The summed E-state index contributed by atoms with van der Waals surface area (Å²) in [6, 6.07) is 8.00. The van der Waals surface area contributed by atoms with Crippen molar-refractivity contribution in [1.82, 2.24) is 4.65 Å². The maximum absolute atomic E-state index is 13.1. The van der Waals surface area contributed by atoms with E-state index in [4.69, 9.17) is 14.2 Å². The first-order valence-electron chi connectivity index (χ1n) is 7.24. The van der Waals surface area contributed by atoms with Crippen molar-refractivity contribution in [3.63, 3.8) is 0 Å². The first-order valence-corrected chi connectivity index (χ1v) is 7.24. The second-order valence-electron chi connectivity index (χ2n) is 5.99. The predicted molar refractivity (Wildman–Crippen MR) is 74.3 cm³/mol. The molecule has 0 bridgehead atoms. The molecule has 20 heavy (non-hydrogen) atoms. The van der Waals surface area contributed by atoms with Gasteiger partial charge in [-0.05, 0) is 17.7 Å². The van der Waals surface area contributed by atoms with E-state index >= 15 is 0 Å². The van der Waals surface area contributed by atoms with Crippen LogP contribution in [0.4, 0.5) is 5.69 Å². The molecule has 3 aliphatic heterocycles. The molecule has 3 fully saturated rings. The van der Waals surface area contributed by atoms with Crippen molar-refractivity contribution < 1.29 is 14.2 Å². The number of hydrogen-bond acceptors (Lipinski definition) is 4. The fourth-order valence-corrected chi connectivity index (χ4v) is 2.64. The Morgan fingerprint density at radius 3 is 1.85 bits per heavy atom. The molecule has 0 radical (unpaired) electrons. The third-order valence-electron chi connectivity index (χ3n) is 4.07. The van der Waals surface area contributed by atoms with Gasteiger partial charge in [-0.15, -0.1) is 0 Å². The Bertz CT molecular complexity index is 463. The lowest BCUT2D eigenvalue weighted by molar-refractivity contribution is 0.278. The third-order valence-corrected chi connectivity index (χ3v) is 4.07. The fourth-order valence-electron chi connectivity index (χ4n) is 2.64. The zero-order valence-electron chi connectivity index (χ0n) is 11.4. The highest BCUT2D eigenvalue weighted by atomic mass is 16.6. The average molecular weight is 277 g/mol. The van der Waals surface area contributed by atoms with Crippen LogP contribution in [0.3, 0.4) is 0 Å². The van der Waals surface area contributed by atoms with Crippen LogP contribution in [0, 0.1) is 5.21 Å². The molecular weight excluding hydrogens is 258 g/mol. The van der Waals surface area contributed by atoms with Crippen LogP contribution >= 0.6 is 0 Å². The molecule has 3 aliphatic rings. The van der Waals surface area contributed by atoms with Crippen LogP contribution < -0.4 is 4.65 Å². The minimum Gasteiger partial charge on any atom is -0.627 e. The molecule has 3 atom stereocenters. The van der Waals surface area contributed by atoms with Gasteiger partial charge in [-0.3, -0.25) is 0 Å². The molecule has 3 unspecified atom stereocenters. The van der Waals surface area contributed by atoms with Gasteiger partial charge >= 0.3 is 0 Å². The molecule has 0 spiro atoms. The molecule has 4 rings (SSSR count). The number of hydrogen-bond donors (Lipinski definition) is 0. The minimum atomic E-state index is -0.338. The third kappa shape index (κ3) is 3.02. The van der Waals surface area contributed by atoms with Gasteiger partial charge in [0, 0.05) is 6.42 Å². The van der Waals surface area contributed by atoms with E-state index in [1.54, 1.807) is 0 Å². The summed E-state index contributed by atoms with van der Waals surface area (Å²) in [5.41, 5.74) is 2.03. The van der Waals surface area contributed by atoms with E-state index in [0.717, 1.165) is 18.7 Å². The topological polar surface area (TPSA) is 60.6 Å². The maximum Gasteiger partial charge on any atom is 0.133 e. The molecule has 5 heteroatoms. The van der Waals surface area contributed by atoms with Crippen LogP contribution in [-0.2, 0) is 20.6 Å². The largest absolute Gasteiger partial charge is 0.627 e. The monoisotopic (exact) mass is 277 g/mol. The molecule has 3 heterocycles. The number of quaternary nitrogens is 1. The minimum absolute atomic E-state index is 0.116. The van der Waals surface area contributed by atoms with Gasteiger partial charge < -0.3 is 24.1 Å². The SMILES string of the molecule is [O-][N+](CC1CO1)(CC1CO1)c1ccc(CC2CO2)cc1. The lowest BCUT2D eigenvalue weighted by Crippen LogP contribution is -2.48. The molecule has 3 saturated heterocycles. The van der Waals surface area contributed by atoms with Crippen molar-refractivity contribution in [2.24, 2.45) is 0 Å². The number of benzene rings is 1. The highest BCUT2D eigenvalue weighted by Gasteiger charge is 2.38. The van der Waals surface area contributed by atoms with Gasteiger partial charge in [0.05, 0.1) is 25.9 Å². The fraction of sp³-hybridized carbons (Fsp3) is 0.600. The lowest BCUT2D eigenvalue weighted by atomic mass is 10.1. The van der Waals surface area contributed by atoms with Crippen molar-refractivity contribution in [3.8, 4) is 0 Å². The summed E-state index contributed by atoms with van der Waals surface area (Å²) in [5.74, 6) is 0. The zero-order valence-corrected chi connectivity index (χ0v) is 11.4. The first-order chi connectivity index (χ1) is 9.71. The second kappa shape index (κ2) is 4.79. The highest BCUT2D eigenvalue weighted by Crippen LogP contribution is 2.30. The van der Waals surface area contributed by atoms with Crippen LogP contribution in [0.1, 0.15) is 5.56 Å². The average Bonchev–Trinajstić information content (AvgIpc) is 3.23. The van der Waals surface area contributed by atoms with E-state index in [1.165, 1.54) is 5.56 Å². The molecule has 0 saturated carbocycles. The van der Waals surface area contributed by atoms with E-state index < -0.39 is 0 Å². The van der Waals surface area contributed by atoms with Crippen molar-refractivity contribution in [2.75, 3.05) is 32.9 Å². The quantitative estimate of drug-likeness (QED) is 0.427. The molecule has 0 aliphatic carbocycles. The Morgan fingerprint density at radius 2 is 1.40 bits per heavy atom. The van der Waals surface area contributed by atoms with E-state index in [0.29, 0.717) is 32.4 Å². The van der Waals surface area contributed by atoms with Crippen molar-refractivity contribution in [1.29, 1.82) is 0 Å². The number of hydroxylamine groups is 2. The summed E-state index contributed by atoms with van der Waals surface area (Å²) in [6.07, 6.45) is 1.56. The standard InChI is InChI=1S/C15H19NO4/c17-16(6-14-9-19-14,7-15-10-20-15)12-3-1-11(2-4-12)5-13-8-18-13/h1-4,13-15H,5-10H2. The number of ether oxygens (including phenoxy) is 3. The van der Waals surface area contributed by atoms with Crippen LogP contribution in [-0.4, -0.2) is 51.2 Å². The second-order valence-corrected chi connectivity index (χ2v) is 5.99. The summed E-state index contributed by atoms with van der Waals surface area (Å²) in [7, 11) is 0. The molecule has 0 aromatic heterocycles. The molecule has 108 valence electrons. The van der Waals surface area contributed by atoms with Gasteiger partial charge in [-0.2, -0.15) is 0 Å². The van der Waals surface area contributed by atoms with Crippen molar-refractivity contribution in [2.45, 2.75) is 24.7 Å². The van der Waals surface area contributed by atoms with Crippen LogP contribution in [0.5, 0.6) is 0 Å². The van der Waals surface area contributed by atoms with Gasteiger partial charge in [0.2, 0.25) is 0 Å². The predicted octanol–water partition coefficient (Wildman–Crippen LogP) is 1.23. The smallest absolute Gasteiger partial charge is 0.133 e. The zero-order chi connectivity index (χ0) is 13.6. The summed E-state index contributed by atoms with van der Waals surface area (Å²) >= 11 is 0. The molecular formula is C15H19NO4. The Hall–Kier alpha value is -0.980.